The number of benzene rings is 1. The molecule has 0 aromatic heterocycles. The van der Waals surface area contributed by atoms with Crippen molar-refractivity contribution in [1.82, 2.24) is 10.6 Å². The molecule has 3 saturated heterocycles. The van der Waals surface area contributed by atoms with Crippen LogP contribution in [0.3, 0.4) is 0 Å². The van der Waals surface area contributed by atoms with E-state index < -0.39 is 47.5 Å². The summed E-state index contributed by atoms with van der Waals surface area (Å²) in [6.07, 6.45) is -1.91. The fraction of sp³-hybridized carbons (Fsp3) is 0.421. The van der Waals surface area contributed by atoms with Gasteiger partial charge in [-0.05, 0) is 31.1 Å². The molecule has 3 fully saturated rings. The lowest BCUT2D eigenvalue weighted by Gasteiger charge is -2.49. The fourth-order valence-corrected chi connectivity index (χ4v) is 2.87. The number of piperazine rings is 1. The van der Waals surface area contributed by atoms with Crippen LogP contribution in [-0.4, -0.2) is 79.7 Å². The van der Waals surface area contributed by atoms with Gasteiger partial charge >= 0.3 is 5.97 Å². The Morgan fingerprint density at radius 3 is 2.37 bits per heavy atom. The van der Waals surface area contributed by atoms with Gasteiger partial charge in [-0.2, -0.15) is 0 Å². The maximum Gasteiger partial charge on any atom is 0.335 e. The maximum absolute atomic E-state index is 12.2. The Morgan fingerprint density at radius 2 is 1.87 bits per heavy atom. The Balaban J connectivity index is 0.000000297. The number of carbonyl (C=O) groups excluding carboxylic acids is 2. The highest BCUT2D eigenvalue weighted by Gasteiger charge is 2.63. The summed E-state index contributed by atoms with van der Waals surface area (Å²) in [7, 11) is 0. The highest BCUT2D eigenvalue weighted by atomic mass is 16.5. The van der Waals surface area contributed by atoms with Crippen LogP contribution in [0.15, 0.2) is 42.5 Å². The van der Waals surface area contributed by atoms with Crippen molar-refractivity contribution in [3.63, 3.8) is 0 Å². The van der Waals surface area contributed by atoms with Crippen LogP contribution in [0.25, 0.3) is 0 Å². The predicted octanol–water partition coefficient (Wildman–Crippen LogP) is -1.92. The maximum atomic E-state index is 12.2. The Morgan fingerprint density at radius 1 is 1.27 bits per heavy atom. The molecule has 0 radical (unpaired) electrons. The van der Waals surface area contributed by atoms with Gasteiger partial charge in [0.1, 0.15) is 11.7 Å². The number of carboxylic acids is 1. The number of amides is 2. The summed E-state index contributed by atoms with van der Waals surface area (Å²) in [5.41, 5.74) is -6.36. The van der Waals surface area contributed by atoms with Crippen molar-refractivity contribution in [3.8, 4) is 0 Å². The first kappa shape index (κ1) is 23.4. The molecule has 3 heterocycles. The first-order valence-electron chi connectivity index (χ1n) is 8.90. The van der Waals surface area contributed by atoms with Gasteiger partial charge in [0.2, 0.25) is 5.72 Å². The van der Waals surface area contributed by atoms with Gasteiger partial charge in [0, 0.05) is 0 Å². The Bertz CT molecular complexity index is 842. The summed E-state index contributed by atoms with van der Waals surface area (Å²) < 4.78 is 5.27. The van der Waals surface area contributed by atoms with Crippen molar-refractivity contribution < 1.29 is 44.7 Å². The van der Waals surface area contributed by atoms with Crippen LogP contribution in [0.1, 0.15) is 23.7 Å². The van der Waals surface area contributed by atoms with E-state index in [1.54, 1.807) is 30.3 Å². The van der Waals surface area contributed by atoms with Gasteiger partial charge < -0.3 is 40.9 Å². The fourth-order valence-electron chi connectivity index (χ4n) is 2.87. The van der Waals surface area contributed by atoms with Gasteiger partial charge in [-0.3, -0.25) is 9.59 Å². The molecule has 3 aliphatic heterocycles. The molecule has 164 valence electrons. The number of carboxylic acid groups (broad SMARTS) is 1. The second-order valence-electron chi connectivity index (χ2n) is 7.15. The monoisotopic (exact) mass is 424 g/mol. The summed E-state index contributed by atoms with van der Waals surface area (Å²) in [4.78, 5) is 34.5. The second-order valence-corrected chi connectivity index (χ2v) is 7.15. The highest BCUT2D eigenvalue weighted by Crippen LogP contribution is 2.32. The van der Waals surface area contributed by atoms with Crippen LogP contribution in [0.5, 0.6) is 0 Å². The smallest absolute Gasteiger partial charge is 0.335 e. The molecule has 4 atom stereocenters. The number of hydrogen-bond acceptors (Lipinski definition) is 8. The molecular weight excluding hydrogens is 400 g/mol. The molecule has 0 spiro atoms. The molecule has 11 heteroatoms. The first-order chi connectivity index (χ1) is 13.9. The van der Waals surface area contributed by atoms with E-state index in [4.69, 9.17) is 14.9 Å². The highest BCUT2D eigenvalue weighted by molar-refractivity contribution is 6.03. The molecule has 4 rings (SSSR count). The molecule has 2 bridgehead atoms. The van der Waals surface area contributed by atoms with Crippen molar-refractivity contribution in [1.29, 1.82) is 0 Å². The predicted molar refractivity (Wildman–Crippen MR) is 101 cm³/mol. The number of hydrogen-bond donors (Lipinski definition) is 7. The Kier molecular flexibility index (Phi) is 6.64. The number of rotatable bonds is 4. The van der Waals surface area contributed by atoms with E-state index in [9.17, 15) is 29.7 Å². The second kappa shape index (κ2) is 8.50. The SMILES string of the molecule is C=C1CCO[C@]2(C(O)C(C)(O)CO)NC(=O)[C@@]1(O)NC2=O.O=C(O)c1ccccc1. The minimum atomic E-state index is -2.31. The Labute approximate surface area is 171 Å². The summed E-state index contributed by atoms with van der Waals surface area (Å²) in [5, 5.41) is 52.0. The molecule has 3 aliphatic rings. The summed E-state index contributed by atoms with van der Waals surface area (Å²) in [6, 6.07) is 8.30. The normalized spacial score (nSPS) is 28.6. The lowest BCUT2D eigenvalue weighted by atomic mass is 9.85. The third-order valence-corrected chi connectivity index (χ3v) is 4.82. The van der Waals surface area contributed by atoms with E-state index in [-0.39, 0.29) is 18.6 Å². The van der Waals surface area contributed by atoms with E-state index in [0.717, 1.165) is 6.92 Å². The average Bonchev–Trinajstić information content (AvgIpc) is 2.71. The molecule has 11 nitrogen and oxygen atoms in total. The molecule has 30 heavy (non-hydrogen) atoms. The van der Waals surface area contributed by atoms with Crippen LogP contribution >= 0.6 is 0 Å². The Hall–Kier alpha value is -2.83. The minimum absolute atomic E-state index is 0.0325. The number of aliphatic hydroxyl groups excluding tert-OH is 2. The lowest BCUT2D eigenvalue weighted by molar-refractivity contribution is -0.230. The van der Waals surface area contributed by atoms with Gasteiger partial charge in [0.15, 0.2) is 0 Å². The number of carbonyl (C=O) groups is 3. The molecule has 2 unspecified atom stereocenters. The van der Waals surface area contributed by atoms with Gasteiger partial charge in [-0.25, -0.2) is 4.79 Å². The number of aliphatic hydroxyl groups is 4. The third-order valence-electron chi connectivity index (χ3n) is 4.82. The number of ether oxygens (including phenoxy) is 1. The summed E-state index contributed by atoms with van der Waals surface area (Å²) >= 11 is 0. The van der Waals surface area contributed by atoms with Gasteiger partial charge in [0.05, 0.1) is 18.8 Å². The molecule has 1 aromatic rings. The quantitative estimate of drug-likeness (QED) is 0.271. The molecule has 0 saturated carbocycles. The topological polar surface area (TPSA) is 186 Å². The van der Waals surface area contributed by atoms with Gasteiger partial charge in [-0.1, -0.05) is 24.8 Å². The zero-order chi connectivity index (χ0) is 22.7. The van der Waals surface area contributed by atoms with Gasteiger partial charge in [0.25, 0.3) is 17.5 Å². The largest absolute Gasteiger partial charge is 0.478 e. The van der Waals surface area contributed by atoms with Gasteiger partial charge in [-0.15, -0.1) is 0 Å². The van der Waals surface area contributed by atoms with Crippen molar-refractivity contribution in [2.45, 2.75) is 36.5 Å². The van der Waals surface area contributed by atoms with Crippen molar-refractivity contribution in [2.24, 2.45) is 0 Å². The molecule has 7 N–H and O–H groups in total. The molecule has 1 aromatic carbocycles. The molecular formula is C19H24N2O9. The lowest BCUT2D eigenvalue weighted by Crippen LogP contribution is -2.82. The number of nitrogens with one attached hydrogen (secondary N) is 2. The van der Waals surface area contributed by atoms with Crippen LogP contribution < -0.4 is 10.6 Å². The van der Waals surface area contributed by atoms with Crippen LogP contribution in [0, 0.1) is 0 Å². The van der Waals surface area contributed by atoms with Crippen molar-refractivity contribution in [2.75, 3.05) is 13.2 Å². The molecule has 2 amide bonds. The van der Waals surface area contributed by atoms with E-state index in [2.05, 4.69) is 11.9 Å². The summed E-state index contributed by atoms with van der Waals surface area (Å²) in [6.45, 7) is 3.59. The average molecular weight is 424 g/mol. The van der Waals surface area contributed by atoms with E-state index in [1.165, 1.54) is 0 Å². The third kappa shape index (κ3) is 4.20. The van der Waals surface area contributed by atoms with Crippen molar-refractivity contribution >= 4 is 17.8 Å². The van der Waals surface area contributed by atoms with E-state index in [1.807, 2.05) is 5.32 Å². The van der Waals surface area contributed by atoms with Crippen LogP contribution in [-0.2, 0) is 14.3 Å². The molecule has 0 aliphatic carbocycles. The zero-order valence-electron chi connectivity index (χ0n) is 16.2. The minimum Gasteiger partial charge on any atom is -0.478 e. The van der Waals surface area contributed by atoms with E-state index in [0.29, 0.717) is 5.56 Å². The number of fused-ring (bicyclic) bond motifs is 5. The first-order valence-corrected chi connectivity index (χ1v) is 8.90. The van der Waals surface area contributed by atoms with Crippen LogP contribution in [0.2, 0.25) is 0 Å². The summed E-state index contributed by atoms with van der Waals surface area (Å²) in [5.74, 6) is -2.97. The number of aromatic carboxylic acids is 1. The van der Waals surface area contributed by atoms with Crippen LogP contribution in [0.4, 0.5) is 0 Å². The zero-order valence-corrected chi connectivity index (χ0v) is 16.2. The van der Waals surface area contributed by atoms with Crippen molar-refractivity contribution in [3.05, 3.63) is 48.0 Å². The van der Waals surface area contributed by atoms with E-state index >= 15 is 0 Å². The standard InChI is InChI=1S/C12H18N2O7.C7H6O2/c1-6-3-4-21-12(7(16)10(2,19)5-15)9(18)13-11(6,20)8(17)14-12;8-7(9)6-4-2-1-3-5-6/h7,15-16,19-20H,1,3-5H2,2H3,(H,13,18)(H,14,17);1-5H,(H,8,9)/t7?,10?,11-,12+;/m1./s1.